The van der Waals surface area contributed by atoms with Gasteiger partial charge in [-0.15, -0.1) is 46.6 Å². The zero-order chi connectivity index (χ0) is 61.8. The summed E-state index contributed by atoms with van der Waals surface area (Å²) in [5, 5.41) is 0. The van der Waals surface area contributed by atoms with E-state index in [0.29, 0.717) is 42.0 Å². The summed E-state index contributed by atoms with van der Waals surface area (Å²) < 4.78 is 6.68. The first-order valence-electron chi connectivity index (χ1n) is 35.4. The Labute approximate surface area is 543 Å². The van der Waals surface area contributed by atoms with E-state index in [1.165, 1.54) is 199 Å². The van der Waals surface area contributed by atoms with Crippen LogP contribution in [0.15, 0.2) is 75.8 Å². The summed E-state index contributed by atoms with van der Waals surface area (Å²) in [6.45, 7) is 26.2. The van der Waals surface area contributed by atoms with E-state index in [1.54, 1.807) is 22.7 Å². The molecule has 2 aliphatic rings. The molecular weight excluding hydrogens is 1130 g/mol. The molecule has 4 aromatic rings. The fourth-order valence-corrected chi connectivity index (χ4v) is 16.6. The van der Waals surface area contributed by atoms with E-state index in [0.717, 1.165) is 87.4 Å². The second-order valence-corrected chi connectivity index (χ2v) is 30.9. The lowest BCUT2D eigenvalue weighted by molar-refractivity contribution is -0.124. The van der Waals surface area contributed by atoms with E-state index in [4.69, 9.17) is 17.0 Å². The molecule has 6 heterocycles. The standard InChI is InChI=1S/C77H118N2O3S4/c1-12-18-24-30-32-37-42-58(40-34-26-20-14-3)55-78-72(66-49-47-64(84-66)63(83)53-60(52-57(7)8)44-36-28-22-16-5)70-71(76(78)81)73(79(75(70)80)56-59(41-35-27-21-15-4)43-38-33-31-25-19-13-2)67-50-48-65(85-67)68-54-61(45-39-29-23-17-6)74(86-68)62-46-51-69(82-62)77(9,10)11/h46-54,57-59,83H,12-45,55-56H2,1-11H3/b60-52+,63-53-. The van der Waals surface area contributed by atoms with Gasteiger partial charge in [0.05, 0.1) is 37.2 Å². The van der Waals surface area contributed by atoms with Crippen LogP contribution in [0, 0.1) is 17.8 Å². The molecule has 6 rings (SSSR count). The van der Waals surface area contributed by atoms with Crippen molar-refractivity contribution in [1.29, 1.82) is 0 Å². The quantitative estimate of drug-likeness (QED) is 0.0273. The molecule has 0 spiro atoms. The maximum Gasteiger partial charge on any atom is 0.261 e. The maximum atomic E-state index is 16.3. The Kier molecular flexibility index (Phi) is 32.0. The van der Waals surface area contributed by atoms with E-state index >= 15 is 9.59 Å². The Morgan fingerprint density at radius 1 is 0.523 bits per heavy atom. The SMILES string of the molecule is CCCCCCCCC(CCCCCC)CN1C(=O)C2=C(c3ccc(-c4cc(CCCCCC)c(-c5ccc(C(C)(C)C)o5)s4)s3)N(CC(CCCCCC)CCCCCCCC)C(=O)C2=C1c1ccc(/C(S)=C/C(=C/C(C)C)CCCCCC)s1. The molecule has 9 heteroatoms. The molecule has 0 saturated carbocycles. The lowest BCUT2D eigenvalue weighted by Gasteiger charge is -2.29. The van der Waals surface area contributed by atoms with Crippen LogP contribution < -0.4 is 0 Å². The second kappa shape index (κ2) is 38.4. The van der Waals surface area contributed by atoms with E-state index < -0.39 is 0 Å². The number of hydrogen-bond acceptors (Lipinski definition) is 7. The molecule has 5 nitrogen and oxygen atoms in total. The number of thiophene rings is 3. The van der Waals surface area contributed by atoms with Gasteiger partial charge >= 0.3 is 0 Å². The van der Waals surface area contributed by atoms with Crippen molar-refractivity contribution in [2.45, 2.75) is 300 Å². The second-order valence-electron chi connectivity index (χ2n) is 27.2. The minimum Gasteiger partial charge on any atom is -0.460 e. The number of unbranched alkanes of at least 4 members (excludes halogenated alkanes) is 22. The number of hydrogen-bond donors (Lipinski definition) is 1. The number of furan rings is 1. The fourth-order valence-electron chi connectivity index (χ4n) is 13.0. The van der Waals surface area contributed by atoms with Gasteiger partial charge in [-0.2, -0.15) is 0 Å². The fraction of sp³-hybridized carbons (Fsp3) is 0.662. The number of carbonyl (C=O) groups is 2. The van der Waals surface area contributed by atoms with Gasteiger partial charge in [0.15, 0.2) is 0 Å². The van der Waals surface area contributed by atoms with Gasteiger partial charge in [-0.3, -0.25) is 9.59 Å². The molecule has 2 amide bonds. The van der Waals surface area contributed by atoms with Crippen LogP contribution in [0.5, 0.6) is 0 Å². The molecule has 0 aromatic carbocycles. The third-order valence-electron chi connectivity index (χ3n) is 18.0. The van der Waals surface area contributed by atoms with Crippen LogP contribution in [0.4, 0.5) is 0 Å². The summed E-state index contributed by atoms with van der Waals surface area (Å²) >= 11 is 10.6. The van der Waals surface area contributed by atoms with Crippen LogP contribution in [0.25, 0.3) is 36.7 Å². The highest BCUT2D eigenvalue weighted by Crippen LogP contribution is 2.52. The molecule has 0 N–H and O–H groups in total. The van der Waals surface area contributed by atoms with Crippen molar-refractivity contribution in [1.82, 2.24) is 9.80 Å². The van der Waals surface area contributed by atoms with Gasteiger partial charge < -0.3 is 14.2 Å². The summed E-state index contributed by atoms with van der Waals surface area (Å²) in [6, 6.07) is 15.7. The summed E-state index contributed by atoms with van der Waals surface area (Å²) in [5.41, 5.74) is 5.54. The monoisotopic (exact) mass is 1250 g/mol. The number of carbonyl (C=O) groups excluding carboxylic acids is 2. The van der Waals surface area contributed by atoms with E-state index in [1.807, 2.05) is 11.3 Å². The lowest BCUT2D eigenvalue weighted by atomic mass is 9.93. The van der Waals surface area contributed by atoms with Gasteiger partial charge in [-0.1, -0.05) is 255 Å². The number of nitrogens with zero attached hydrogens (tertiary/aromatic N) is 2. The average molecular weight is 1250 g/mol. The van der Waals surface area contributed by atoms with Gasteiger partial charge in [0.2, 0.25) is 0 Å². The van der Waals surface area contributed by atoms with Crippen LogP contribution in [0.3, 0.4) is 0 Å². The van der Waals surface area contributed by atoms with E-state index in [9.17, 15) is 0 Å². The van der Waals surface area contributed by atoms with Gasteiger partial charge in [0.1, 0.15) is 11.5 Å². The van der Waals surface area contributed by atoms with Crippen LogP contribution in [0.2, 0.25) is 0 Å². The molecule has 4 aromatic heterocycles. The molecule has 0 bridgehead atoms. The van der Waals surface area contributed by atoms with Crippen molar-refractivity contribution in [3.63, 3.8) is 0 Å². The zero-order valence-electron chi connectivity index (χ0n) is 56.2. The summed E-state index contributed by atoms with van der Waals surface area (Å²) in [4.78, 5) is 44.5. The predicted octanol–water partition coefficient (Wildman–Crippen LogP) is 25.5. The largest absolute Gasteiger partial charge is 0.460 e. The first kappa shape index (κ1) is 71.7. The Balaban J connectivity index is 1.53. The molecule has 2 unspecified atom stereocenters. The highest BCUT2D eigenvalue weighted by atomic mass is 32.1. The predicted molar refractivity (Wildman–Crippen MR) is 383 cm³/mol. The van der Waals surface area contributed by atoms with Gasteiger partial charge in [0.25, 0.3) is 11.8 Å². The molecule has 0 aliphatic carbocycles. The Bertz CT molecular complexity index is 2760. The summed E-state index contributed by atoms with van der Waals surface area (Å²) in [5.74, 6) is 3.11. The number of thiol groups is 1. The normalized spacial score (nSPS) is 15.1. The van der Waals surface area contributed by atoms with Crippen molar-refractivity contribution in [3.05, 3.63) is 97.3 Å². The molecular formula is C77H118N2O3S4. The molecule has 2 aliphatic heterocycles. The lowest BCUT2D eigenvalue weighted by Crippen LogP contribution is -2.34. The molecule has 0 fully saturated rings. The average Bonchev–Trinajstić information content (AvgIpc) is 2.03. The van der Waals surface area contributed by atoms with Crippen molar-refractivity contribution < 1.29 is 14.0 Å². The Morgan fingerprint density at radius 3 is 1.45 bits per heavy atom. The Morgan fingerprint density at radius 2 is 0.965 bits per heavy atom. The minimum absolute atomic E-state index is 0.0128. The summed E-state index contributed by atoms with van der Waals surface area (Å²) in [6.07, 6.45) is 45.5. The van der Waals surface area contributed by atoms with E-state index in [2.05, 4.69) is 141 Å². The van der Waals surface area contributed by atoms with E-state index in [-0.39, 0.29) is 17.2 Å². The molecule has 0 saturated heterocycles. The molecule has 0 radical (unpaired) electrons. The number of fused-ring (bicyclic) bond motifs is 1. The smallest absolute Gasteiger partial charge is 0.261 e. The highest BCUT2D eigenvalue weighted by Gasteiger charge is 2.50. The van der Waals surface area contributed by atoms with Crippen LogP contribution >= 0.6 is 46.6 Å². The molecule has 86 heavy (non-hydrogen) atoms. The third-order valence-corrected chi connectivity index (χ3v) is 22.1. The van der Waals surface area contributed by atoms with Crippen molar-refractivity contribution in [3.8, 4) is 20.4 Å². The maximum absolute atomic E-state index is 16.3. The minimum atomic E-state index is -0.0881. The van der Waals surface area contributed by atoms with Gasteiger partial charge in [-0.05, 0) is 123 Å². The first-order valence-corrected chi connectivity index (χ1v) is 38.3. The number of amides is 2. The van der Waals surface area contributed by atoms with Crippen molar-refractivity contribution in [2.24, 2.45) is 17.8 Å². The molecule has 478 valence electrons. The Hall–Kier alpha value is -3.37. The number of allylic oxidation sites excluding steroid dienone is 3. The van der Waals surface area contributed by atoms with Gasteiger partial charge in [0, 0.05) is 38.0 Å². The zero-order valence-corrected chi connectivity index (χ0v) is 59.5. The van der Waals surface area contributed by atoms with Crippen LogP contribution in [0.1, 0.15) is 314 Å². The van der Waals surface area contributed by atoms with Crippen molar-refractivity contribution >= 4 is 74.8 Å². The highest BCUT2D eigenvalue weighted by molar-refractivity contribution is 7.90. The third kappa shape index (κ3) is 21.7. The van der Waals surface area contributed by atoms with Crippen LogP contribution in [-0.2, 0) is 21.4 Å². The topological polar surface area (TPSA) is 53.8 Å². The summed E-state index contributed by atoms with van der Waals surface area (Å²) in [7, 11) is 0. The van der Waals surface area contributed by atoms with Gasteiger partial charge in [-0.25, -0.2) is 0 Å². The number of aryl methyl sites for hydroxylation is 1. The molecule has 2 atom stereocenters. The van der Waals surface area contributed by atoms with Crippen molar-refractivity contribution in [2.75, 3.05) is 13.1 Å². The number of rotatable bonds is 45. The van der Waals surface area contributed by atoms with Crippen LogP contribution in [-0.4, -0.2) is 34.7 Å². The first-order chi connectivity index (χ1) is 41.7.